The normalized spacial score (nSPS) is 17.9. The second-order valence-electron chi connectivity index (χ2n) is 7.91. The smallest absolute Gasteiger partial charge is 0.227 e. The lowest BCUT2D eigenvalue weighted by atomic mass is 9.95. The lowest BCUT2D eigenvalue weighted by Crippen LogP contribution is -2.38. The molecule has 1 saturated heterocycles. The van der Waals surface area contributed by atoms with Crippen LogP contribution in [0.3, 0.4) is 0 Å². The zero-order valence-corrected chi connectivity index (χ0v) is 15.7. The maximum Gasteiger partial charge on any atom is 0.227 e. The van der Waals surface area contributed by atoms with E-state index in [0.29, 0.717) is 5.92 Å². The van der Waals surface area contributed by atoms with Crippen molar-refractivity contribution in [1.29, 1.82) is 0 Å². The van der Waals surface area contributed by atoms with Crippen LogP contribution in [-0.4, -0.2) is 38.7 Å². The monoisotopic (exact) mass is 340 g/mol. The first-order chi connectivity index (χ1) is 11.9. The molecule has 0 N–H and O–H groups in total. The molecule has 2 aromatic rings. The second-order valence-corrected chi connectivity index (χ2v) is 7.91. The predicted molar refractivity (Wildman–Crippen MR) is 99.0 cm³/mol. The number of aromatic nitrogens is 3. The van der Waals surface area contributed by atoms with Gasteiger partial charge in [0.15, 0.2) is 0 Å². The molecule has 1 atom stereocenters. The molecule has 134 valence electrons. The first kappa shape index (κ1) is 17.6. The van der Waals surface area contributed by atoms with Crippen LogP contribution in [0.2, 0.25) is 0 Å². The van der Waals surface area contributed by atoms with E-state index in [9.17, 15) is 4.79 Å². The topological polar surface area (TPSA) is 51.0 Å². The Morgan fingerprint density at radius 3 is 2.80 bits per heavy atom. The number of rotatable bonds is 4. The van der Waals surface area contributed by atoms with Gasteiger partial charge in [-0.2, -0.15) is 5.10 Å². The number of nitrogens with zero attached hydrogens (tertiary/aromatic N) is 4. The summed E-state index contributed by atoms with van der Waals surface area (Å²) in [6.07, 6.45) is 3.79. The number of likely N-dealkylation sites (tertiary alicyclic amines) is 1. The molecule has 0 bridgehead atoms. The minimum atomic E-state index is -0.300. The van der Waals surface area contributed by atoms with Crippen LogP contribution in [-0.2, 0) is 17.8 Å². The van der Waals surface area contributed by atoms with Gasteiger partial charge in [0.25, 0.3) is 0 Å². The number of hydrogen-bond acceptors (Lipinski definition) is 3. The van der Waals surface area contributed by atoms with Crippen molar-refractivity contribution < 1.29 is 4.79 Å². The highest BCUT2D eigenvalue weighted by atomic mass is 16.2. The van der Waals surface area contributed by atoms with Gasteiger partial charge >= 0.3 is 0 Å². The first-order valence-electron chi connectivity index (χ1n) is 9.16. The molecule has 3 rings (SSSR count). The summed E-state index contributed by atoms with van der Waals surface area (Å²) in [6.45, 7) is 10.6. The maximum absolute atomic E-state index is 12.4. The van der Waals surface area contributed by atoms with Gasteiger partial charge < -0.3 is 4.90 Å². The molecule has 0 aromatic carbocycles. The van der Waals surface area contributed by atoms with E-state index >= 15 is 0 Å². The van der Waals surface area contributed by atoms with Crippen molar-refractivity contribution in [2.45, 2.75) is 47.1 Å². The summed E-state index contributed by atoms with van der Waals surface area (Å²) in [5, 5.41) is 4.33. The van der Waals surface area contributed by atoms with Crippen LogP contribution in [0, 0.1) is 11.3 Å². The van der Waals surface area contributed by atoms with Gasteiger partial charge in [-0.25, -0.2) is 0 Å². The summed E-state index contributed by atoms with van der Waals surface area (Å²) in [7, 11) is 0. The Hall–Kier alpha value is -2.17. The average molecular weight is 340 g/mol. The van der Waals surface area contributed by atoms with E-state index in [1.165, 1.54) is 0 Å². The number of pyridine rings is 1. The van der Waals surface area contributed by atoms with Crippen molar-refractivity contribution in [2.75, 3.05) is 13.1 Å². The summed E-state index contributed by atoms with van der Waals surface area (Å²) in [5.74, 6) is 0.744. The molecule has 0 saturated carbocycles. The third kappa shape index (κ3) is 3.91. The van der Waals surface area contributed by atoms with E-state index in [2.05, 4.69) is 24.2 Å². The van der Waals surface area contributed by atoms with E-state index in [4.69, 9.17) is 4.98 Å². The zero-order chi connectivity index (χ0) is 18.0. The predicted octanol–water partition coefficient (Wildman–Crippen LogP) is 3.40. The molecule has 1 amide bonds. The quantitative estimate of drug-likeness (QED) is 0.857. The largest absolute Gasteiger partial charge is 0.342 e. The van der Waals surface area contributed by atoms with Crippen molar-refractivity contribution in [3.05, 3.63) is 36.2 Å². The number of carbonyl (C=O) groups excluding carboxylic acids is 1. The van der Waals surface area contributed by atoms with Crippen LogP contribution in [0.4, 0.5) is 0 Å². The average Bonchev–Trinajstić information content (AvgIpc) is 3.22. The van der Waals surface area contributed by atoms with E-state index in [1.54, 1.807) is 0 Å². The van der Waals surface area contributed by atoms with E-state index in [0.717, 1.165) is 49.6 Å². The van der Waals surface area contributed by atoms with Crippen LogP contribution < -0.4 is 0 Å². The summed E-state index contributed by atoms with van der Waals surface area (Å²) in [6, 6.07) is 8.20. The molecule has 0 aliphatic carbocycles. The fourth-order valence-corrected chi connectivity index (χ4v) is 3.49. The van der Waals surface area contributed by atoms with E-state index < -0.39 is 0 Å². The summed E-state index contributed by atoms with van der Waals surface area (Å²) < 4.78 is 1.96. The molecule has 2 aromatic heterocycles. The van der Waals surface area contributed by atoms with Gasteiger partial charge in [0.1, 0.15) is 0 Å². The molecule has 0 spiro atoms. The highest BCUT2D eigenvalue weighted by molar-refractivity contribution is 5.81. The summed E-state index contributed by atoms with van der Waals surface area (Å²) >= 11 is 0. The lowest BCUT2D eigenvalue weighted by molar-refractivity contribution is -0.138. The minimum absolute atomic E-state index is 0.253. The Labute approximate surface area is 150 Å². The van der Waals surface area contributed by atoms with Crippen LogP contribution in [0.5, 0.6) is 0 Å². The molecular formula is C20H28N4O. The van der Waals surface area contributed by atoms with Gasteiger partial charge in [-0.05, 0) is 43.9 Å². The van der Waals surface area contributed by atoms with E-state index in [-0.39, 0.29) is 11.3 Å². The highest BCUT2D eigenvalue weighted by Crippen LogP contribution is 2.26. The molecule has 1 aliphatic rings. The van der Waals surface area contributed by atoms with Crippen molar-refractivity contribution in [1.82, 2.24) is 19.7 Å². The van der Waals surface area contributed by atoms with Gasteiger partial charge in [-0.3, -0.25) is 14.5 Å². The minimum Gasteiger partial charge on any atom is -0.342 e. The Morgan fingerprint density at radius 2 is 2.08 bits per heavy atom. The van der Waals surface area contributed by atoms with Crippen molar-refractivity contribution in [2.24, 2.45) is 11.3 Å². The number of amides is 1. The third-order valence-corrected chi connectivity index (χ3v) is 4.80. The standard InChI is InChI=1S/C20H28N4O/c1-5-24-18(9-11-21-24)17-8-6-7-16(22-17)13-15-10-12-23(14-15)19(25)20(2,3)4/h6-9,11,15H,5,10,12-14H2,1-4H3/t15-/m1/s1. The Balaban J connectivity index is 1.69. The molecule has 3 heterocycles. The van der Waals surface area contributed by atoms with Crippen LogP contribution in [0.15, 0.2) is 30.5 Å². The van der Waals surface area contributed by atoms with Crippen LogP contribution in [0.25, 0.3) is 11.4 Å². The molecule has 1 fully saturated rings. The molecule has 5 nitrogen and oxygen atoms in total. The lowest BCUT2D eigenvalue weighted by Gasteiger charge is -2.25. The Kier molecular flexibility index (Phi) is 4.93. The van der Waals surface area contributed by atoms with Crippen LogP contribution in [0.1, 0.15) is 39.8 Å². The SMILES string of the molecule is CCn1nccc1-c1cccc(C[C@H]2CCN(C(=O)C(C)(C)C)C2)n1. The molecule has 1 aliphatic heterocycles. The molecular weight excluding hydrogens is 312 g/mol. The Morgan fingerprint density at radius 1 is 1.28 bits per heavy atom. The van der Waals surface area contributed by atoms with Crippen LogP contribution >= 0.6 is 0 Å². The number of hydrogen-bond donors (Lipinski definition) is 0. The van der Waals surface area contributed by atoms with Gasteiger partial charge in [-0.15, -0.1) is 0 Å². The van der Waals surface area contributed by atoms with E-state index in [1.807, 2.05) is 48.7 Å². The van der Waals surface area contributed by atoms with Crippen molar-refractivity contribution >= 4 is 5.91 Å². The second kappa shape index (κ2) is 6.98. The Bertz CT molecular complexity index is 744. The molecule has 5 heteroatoms. The van der Waals surface area contributed by atoms with Gasteiger partial charge in [0.05, 0.1) is 11.4 Å². The van der Waals surface area contributed by atoms with Gasteiger partial charge in [-0.1, -0.05) is 26.8 Å². The summed E-state index contributed by atoms with van der Waals surface area (Å²) in [4.78, 5) is 19.3. The number of aryl methyl sites for hydroxylation is 1. The third-order valence-electron chi connectivity index (χ3n) is 4.80. The molecule has 25 heavy (non-hydrogen) atoms. The molecule has 0 unspecified atom stereocenters. The van der Waals surface area contributed by atoms with Crippen molar-refractivity contribution in [3.63, 3.8) is 0 Å². The first-order valence-corrected chi connectivity index (χ1v) is 9.16. The zero-order valence-electron chi connectivity index (χ0n) is 15.7. The highest BCUT2D eigenvalue weighted by Gasteiger charge is 2.32. The van der Waals surface area contributed by atoms with Crippen molar-refractivity contribution in [3.8, 4) is 11.4 Å². The molecule has 0 radical (unpaired) electrons. The van der Waals surface area contributed by atoms with Gasteiger partial charge in [0, 0.05) is 36.9 Å². The van der Waals surface area contributed by atoms with Gasteiger partial charge in [0.2, 0.25) is 5.91 Å². The number of carbonyl (C=O) groups is 1. The summed E-state index contributed by atoms with van der Waals surface area (Å²) in [5.41, 5.74) is 2.82. The fraction of sp³-hybridized carbons (Fsp3) is 0.550. The maximum atomic E-state index is 12.4. The fourth-order valence-electron chi connectivity index (χ4n) is 3.49.